The molecule has 0 atom stereocenters. The molecular formula is C20H24N4O4. The molecule has 8 nitrogen and oxygen atoms in total. The summed E-state index contributed by atoms with van der Waals surface area (Å²) in [5, 5.41) is 9.16. The minimum atomic E-state index is -0.184. The first-order valence-electron chi connectivity index (χ1n) is 9.34. The quantitative estimate of drug-likeness (QED) is 0.786. The van der Waals surface area contributed by atoms with E-state index in [2.05, 4.69) is 15.8 Å². The van der Waals surface area contributed by atoms with Gasteiger partial charge in [0.25, 0.3) is 0 Å². The van der Waals surface area contributed by atoms with E-state index in [1.807, 2.05) is 30.3 Å². The highest BCUT2D eigenvalue weighted by Crippen LogP contribution is 2.19. The number of aromatic nitrogens is 1. The summed E-state index contributed by atoms with van der Waals surface area (Å²) in [6.07, 6.45) is 1.40. The third-order valence-electron chi connectivity index (χ3n) is 4.74. The number of aryl methyl sites for hydroxylation is 1. The highest BCUT2D eigenvalue weighted by Gasteiger charge is 2.27. The molecule has 0 unspecified atom stereocenters. The molecule has 1 aliphatic rings. The molecule has 28 heavy (non-hydrogen) atoms. The van der Waals surface area contributed by atoms with Crippen LogP contribution in [0.2, 0.25) is 0 Å². The summed E-state index contributed by atoms with van der Waals surface area (Å²) in [4.78, 5) is 38.3. The number of nitrogens with one attached hydrogen (secondary N) is 2. The van der Waals surface area contributed by atoms with E-state index in [1.165, 1.54) is 0 Å². The van der Waals surface area contributed by atoms with Gasteiger partial charge in [-0.15, -0.1) is 0 Å². The first kappa shape index (κ1) is 19.6. The van der Waals surface area contributed by atoms with E-state index in [4.69, 9.17) is 4.52 Å². The van der Waals surface area contributed by atoms with Crippen molar-refractivity contribution in [1.29, 1.82) is 0 Å². The van der Waals surface area contributed by atoms with Crippen molar-refractivity contribution < 1.29 is 18.9 Å². The average Bonchev–Trinajstić information content (AvgIpc) is 3.11. The Labute approximate surface area is 163 Å². The molecule has 0 spiro atoms. The second-order valence-corrected chi connectivity index (χ2v) is 6.91. The van der Waals surface area contributed by atoms with Crippen molar-refractivity contribution in [1.82, 2.24) is 15.4 Å². The largest absolute Gasteiger partial charge is 0.360 e. The SMILES string of the molecule is Cc1cc(NC(=O)C2CCN(C(=O)CNC(=O)Cc3ccccc3)CC2)no1. The molecule has 1 aliphatic heterocycles. The Balaban J connectivity index is 1.38. The summed E-state index contributed by atoms with van der Waals surface area (Å²) < 4.78 is 4.93. The first-order chi connectivity index (χ1) is 13.5. The van der Waals surface area contributed by atoms with E-state index < -0.39 is 0 Å². The van der Waals surface area contributed by atoms with Gasteiger partial charge in [-0.25, -0.2) is 0 Å². The summed E-state index contributed by atoms with van der Waals surface area (Å²) in [6.45, 7) is 2.71. The lowest BCUT2D eigenvalue weighted by atomic mass is 9.96. The minimum absolute atomic E-state index is 0.0270. The van der Waals surface area contributed by atoms with Crippen LogP contribution in [0.4, 0.5) is 5.82 Å². The van der Waals surface area contributed by atoms with Crippen molar-refractivity contribution in [3.8, 4) is 0 Å². The average molecular weight is 384 g/mol. The maximum Gasteiger partial charge on any atom is 0.241 e. The fourth-order valence-electron chi connectivity index (χ4n) is 3.17. The van der Waals surface area contributed by atoms with Crippen LogP contribution in [0.5, 0.6) is 0 Å². The predicted molar refractivity (Wildman–Crippen MR) is 102 cm³/mol. The lowest BCUT2D eigenvalue weighted by molar-refractivity contribution is -0.135. The Morgan fingerprint density at radius 3 is 2.54 bits per heavy atom. The molecule has 3 rings (SSSR count). The van der Waals surface area contributed by atoms with Gasteiger partial charge in [0.05, 0.1) is 13.0 Å². The van der Waals surface area contributed by atoms with E-state index in [0.29, 0.717) is 37.5 Å². The van der Waals surface area contributed by atoms with Crippen molar-refractivity contribution in [2.24, 2.45) is 5.92 Å². The fourth-order valence-corrected chi connectivity index (χ4v) is 3.17. The number of hydrogen-bond donors (Lipinski definition) is 2. The molecule has 2 N–H and O–H groups in total. The zero-order valence-electron chi connectivity index (χ0n) is 15.8. The zero-order valence-corrected chi connectivity index (χ0v) is 15.8. The monoisotopic (exact) mass is 384 g/mol. The van der Waals surface area contributed by atoms with Gasteiger partial charge in [0.2, 0.25) is 17.7 Å². The number of likely N-dealkylation sites (tertiary alicyclic amines) is 1. The third kappa shape index (κ3) is 5.42. The number of piperidine rings is 1. The summed E-state index contributed by atoms with van der Waals surface area (Å²) in [6, 6.07) is 11.0. The normalized spacial score (nSPS) is 14.5. The first-order valence-corrected chi connectivity index (χ1v) is 9.34. The molecule has 148 valence electrons. The second kappa shape index (κ2) is 9.16. The number of nitrogens with zero attached hydrogens (tertiary/aromatic N) is 2. The Kier molecular flexibility index (Phi) is 6.41. The minimum Gasteiger partial charge on any atom is -0.360 e. The van der Waals surface area contributed by atoms with E-state index in [9.17, 15) is 14.4 Å². The van der Waals surface area contributed by atoms with Crippen molar-refractivity contribution in [3.05, 3.63) is 47.7 Å². The van der Waals surface area contributed by atoms with Gasteiger partial charge in [0, 0.05) is 25.1 Å². The number of hydrogen-bond acceptors (Lipinski definition) is 5. The summed E-state index contributed by atoms with van der Waals surface area (Å²) in [5.41, 5.74) is 0.904. The smallest absolute Gasteiger partial charge is 0.241 e. The van der Waals surface area contributed by atoms with Crippen LogP contribution in [0.15, 0.2) is 40.9 Å². The number of rotatable bonds is 6. The molecular weight excluding hydrogens is 360 g/mol. The second-order valence-electron chi connectivity index (χ2n) is 6.91. The number of carbonyl (C=O) groups excluding carboxylic acids is 3. The number of carbonyl (C=O) groups is 3. The van der Waals surface area contributed by atoms with Crippen LogP contribution >= 0.6 is 0 Å². The molecule has 8 heteroatoms. The van der Waals surface area contributed by atoms with Crippen LogP contribution in [-0.4, -0.2) is 47.4 Å². The summed E-state index contributed by atoms with van der Waals surface area (Å²) in [5.74, 6) is 0.432. The molecule has 3 amide bonds. The van der Waals surface area contributed by atoms with Crippen molar-refractivity contribution in [2.75, 3.05) is 25.0 Å². The van der Waals surface area contributed by atoms with Crippen molar-refractivity contribution in [3.63, 3.8) is 0 Å². The Morgan fingerprint density at radius 1 is 1.18 bits per heavy atom. The molecule has 0 aliphatic carbocycles. The van der Waals surface area contributed by atoms with E-state index >= 15 is 0 Å². The zero-order chi connectivity index (χ0) is 19.9. The molecule has 2 heterocycles. The lowest BCUT2D eigenvalue weighted by Gasteiger charge is -2.31. The van der Waals surface area contributed by atoms with Crippen LogP contribution in [0.3, 0.4) is 0 Å². The van der Waals surface area contributed by atoms with Gasteiger partial charge in [-0.05, 0) is 25.3 Å². The van der Waals surface area contributed by atoms with Crippen molar-refractivity contribution in [2.45, 2.75) is 26.2 Å². The third-order valence-corrected chi connectivity index (χ3v) is 4.74. The maximum atomic E-state index is 12.3. The predicted octanol–water partition coefficient (Wildman–Crippen LogP) is 1.52. The maximum absolute atomic E-state index is 12.3. The van der Waals surface area contributed by atoms with Crippen molar-refractivity contribution >= 4 is 23.5 Å². The summed E-state index contributed by atoms with van der Waals surface area (Å²) in [7, 11) is 0. The van der Waals surface area contributed by atoms with E-state index in [1.54, 1.807) is 17.9 Å². The van der Waals surface area contributed by atoms with E-state index in [0.717, 1.165) is 5.56 Å². The summed E-state index contributed by atoms with van der Waals surface area (Å²) >= 11 is 0. The number of anilines is 1. The molecule has 2 aromatic rings. The Hall–Kier alpha value is -3.16. The number of benzene rings is 1. The van der Waals surface area contributed by atoms with E-state index in [-0.39, 0.29) is 36.6 Å². The lowest BCUT2D eigenvalue weighted by Crippen LogP contribution is -2.45. The highest BCUT2D eigenvalue weighted by atomic mass is 16.5. The molecule has 0 bridgehead atoms. The highest BCUT2D eigenvalue weighted by molar-refractivity contribution is 5.92. The standard InChI is InChI=1S/C20H24N4O4/c1-14-11-17(23-28-14)22-20(27)16-7-9-24(10-8-16)19(26)13-21-18(25)12-15-5-3-2-4-6-15/h2-6,11,16H,7-10,12-13H2,1H3,(H,21,25)(H,22,23,27). The molecule has 1 saturated heterocycles. The van der Waals surface area contributed by atoms with Crippen LogP contribution in [0.25, 0.3) is 0 Å². The van der Waals surface area contributed by atoms with Gasteiger partial charge >= 0.3 is 0 Å². The fraction of sp³-hybridized carbons (Fsp3) is 0.400. The van der Waals surface area contributed by atoms with Gasteiger partial charge in [-0.3, -0.25) is 14.4 Å². The van der Waals surface area contributed by atoms with Crippen LogP contribution < -0.4 is 10.6 Å². The van der Waals surface area contributed by atoms with Gasteiger partial charge in [-0.2, -0.15) is 0 Å². The van der Waals surface area contributed by atoms with Gasteiger partial charge in [0.15, 0.2) is 5.82 Å². The Bertz CT molecular complexity index is 826. The topological polar surface area (TPSA) is 105 Å². The number of amides is 3. The van der Waals surface area contributed by atoms with Crippen LogP contribution in [0.1, 0.15) is 24.2 Å². The molecule has 1 fully saturated rings. The van der Waals surface area contributed by atoms with Gasteiger partial charge in [-0.1, -0.05) is 35.5 Å². The molecule has 1 aromatic heterocycles. The molecule has 1 aromatic carbocycles. The van der Waals surface area contributed by atoms with Crippen LogP contribution in [-0.2, 0) is 20.8 Å². The van der Waals surface area contributed by atoms with Gasteiger partial charge < -0.3 is 20.1 Å². The molecule has 0 radical (unpaired) electrons. The van der Waals surface area contributed by atoms with Gasteiger partial charge in [0.1, 0.15) is 5.76 Å². The Morgan fingerprint density at radius 2 is 1.89 bits per heavy atom. The van der Waals surface area contributed by atoms with Crippen LogP contribution in [0, 0.1) is 12.8 Å². The molecule has 0 saturated carbocycles.